The van der Waals surface area contributed by atoms with Crippen LogP contribution in [-0.4, -0.2) is 4.98 Å². The van der Waals surface area contributed by atoms with Crippen molar-refractivity contribution in [3.63, 3.8) is 0 Å². The van der Waals surface area contributed by atoms with Gasteiger partial charge in [0.1, 0.15) is 0 Å². The minimum Gasteiger partial charge on any atom is -0.257 e. The average molecular weight is 159 g/mol. The van der Waals surface area contributed by atoms with Crippen LogP contribution in [0.5, 0.6) is 0 Å². The second-order valence-electron chi connectivity index (χ2n) is 2.95. The van der Waals surface area contributed by atoms with Crippen LogP contribution in [0, 0.1) is 0 Å². The first-order valence-electron chi connectivity index (χ1n) is 3.95. The largest absolute Gasteiger partial charge is 0.257 e. The monoisotopic (exact) mass is 159 g/mol. The predicted octanol–water partition coefficient (Wildman–Crippen LogP) is 1.24. The molecule has 0 aliphatic carbocycles. The van der Waals surface area contributed by atoms with E-state index in [2.05, 4.69) is 31.5 Å². The number of rotatable bonds is 1. The van der Waals surface area contributed by atoms with Crippen LogP contribution in [0.4, 0.5) is 0 Å². The summed E-state index contributed by atoms with van der Waals surface area (Å²) in [7, 11) is 0. The van der Waals surface area contributed by atoms with Gasteiger partial charge in [-0.1, -0.05) is 30.4 Å². The third-order valence-electron chi connectivity index (χ3n) is 1.52. The van der Waals surface area contributed by atoms with Crippen molar-refractivity contribution < 1.29 is 0 Å². The highest BCUT2D eigenvalue weighted by Gasteiger charge is 1.79. The molecule has 0 saturated heterocycles. The van der Waals surface area contributed by atoms with Gasteiger partial charge in [0.05, 0.1) is 5.35 Å². The van der Waals surface area contributed by atoms with Gasteiger partial charge in [-0.05, 0) is 25.1 Å². The summed E-state index contributed by atoms with van der Waals surface area (Å²) in [4.78, 5) is 4.09. The summed E-state index contributed by atoms with van der Waals surface area (Å²) < 4.78 is 0. The van der Waals surface area contributed by atoms with E-state index in [1.165, 1.54) is 5.57 Å². The smallest absolute Gasteiger partial charge is 0.0630 e. The lowest BCUT2D eigenvalue weighted by Gasteiger charge is -1.86. The van der Waals surface area contributed by atoms with Gasteiger partial charge >= 0.3 is 0 Å². The Hall–Kier alpha value is -1.37. The molecule has 0 aromatic carbocycles. The molecular formula is C11H13N. The molecule has 0 aliphatic heterocycles. The number of nitrogens with zero attached hydrogens (tertiary/aromatic N) is 1. The Balaban J connectivity index is 3.20. The molecule has 1 aromatic heterocycles. The molecule has 62 valence electrons. The van der Waals surface area contributed by atoms with Gasteiger partial charge in [-0.25, -0.2) is 0 Å². The summed E-state index contributed by atoms with van der Waals surface area (Å²) in [6, 6.07) is 3.92. The summed E-state index contributed by atoms with van der Waals surface area (Å²) in [6.45, 7) is 7.96. The zero-order valence-corrected chi connectivity index (χ0v) is 7.54. The molecular weight excluding hydrogens is 146 g/mol. The van der Waals surface area contributed by atoms with Gasteiger partial charge in [-0.3, -0.25) is 4.98 Å². The SMILES string of the molecule is C=c1ncccc1=CC=C(C)C. The molecule has 0 atom stereocenters. The Kier molecular flexibility index (Phi) is 2.81. The van der Waals surface area contributed by atoms with Gasteiger partial charge in [0, 0.05) is 6.20 Å². The second-order valence-corrected chi connectivity index (χ2v) is 2.95. The third kappa shape index (κ3) is 2.35. The minimum atomic E-state index is 0.829. The van der Waals surface area contributed by atoms with Gasteiger partial charge in [0.25, 0.3) is 0 Å². The van der Waals surface area contributed by atoms with Crippen molar-refractivity contribution in [3.8, 4) is 0 Å². The molecule has 12 heavy (non-hydrogen) atoms. The molecule has 0 saturated carbocycles. The molecule has 0 unspecified atom stereocenters. The lowest BCUT2D eigenvalue weighted by atomic mass is 10.2. The zero-order valence-electron chi connectivity index (χ0n) is 7.54. The molecule has 1 nitrogen and oxygen atoms in total. The summed E-state index contributed by atoms with van der Waals surface area (Å²) in [5, 5.41) is 1.91. The predicted molar refractivity (Wildman–Crippen MR) is 52.9 cm³/mol. The van der Waals surface area contributed by atoms with Crippen LogP contribution in [0.15, 0.2) is 30.0 Å². The molecule has 1 heteroatoms. The molecule has 0 spiro atoms. The summed E-state index contributed by atoms with van der Waals surface area (Å²) in [5.41, 5.74) is 1.28. The Morgan fingerprint density at radius 3 is 2.83 bits per heavy atom. The molecule has 0 bridgehead atoms. The van der Waals surface area contributed by atoms with E-state index in [4.69, 9.17) is 0 Å². The Morgan fingerprint density at radius 2 is 2.25 bits per heavy atom. The Labute approximate surface area is 72.8 Å². The number of hydrogen-bond donors (Lipinski definition) is 0. The molecule has 0 amide bonds. The van der Waals surface area contributed by atoms with Crippen LogP contribution in [0.1, 0.15) is 13.8 Å². The van der Waals surface area contributed by atoms with E-state index in [1.54, 1.807) is 6.20 Å². The van der Waals surface area contributed by atoms with Crippen LogP contribution in [0.2, 0.25) is 0 Å². The molecule has 0 radical (unpaired) electrons. The van der Waals surface area contributed by atoms with E-state index in [0.717, 1.165) is 10.6 Å². The zero-order chi connectivity index (χ0) is 8.97. The van der Waals surface area contributed by atoms with Crippen LogP contribution in [0.3, 0.4) is 0 Å². The number of pyridine rings is 1. The lowest BCUT2D eigenvalue weighted by Crippen LogP contribution is -2.25. The first kappa shape index (κ1) is 8.72. The van der Waals surface area contributed by atoms with Crippen molar-refractivity contribution in [2.75, 3.05) is 0 Å². The van der Waals surface area contributed by atoms with E-state index < -0.39 is 0 Å². The average Bonchev–Trinajstić information content (AvgIpc) is 2.03. The van der Waals surface area contributed by atoms with Gasteiger partial charge in [-0.15, -0.1) is 0 Å². The fraction of sp³-hybridized carbons (Fsp3) is 0.182. The first-order chi connectivity index (χ1) is 5.70. The van der Waals surface area contributed by atoms with Crippen LogP contribution >= 0.6 is 0 Å². The second kappa shape index (κ2) is 3.86. The third-order valence-corrected chi connectivity index (χ3v) is 1.52. The quantitative estimate of drug-likeness (QED) is 0.600. The minimum absolute atomic E-state index is 0.829. The van der Waals surface area contributed by atoms with Crippen molar-refractivity contribution in [2.45, 2.75) is 13.8 Å². The van der Waals surface area contributed by atoms with Gasteiger partial charge < -0.3 is 0 Å². The number of aromatic nitrogens is 1. The van der Waals surface area contributed by atoms with Crippen molar-refractivity contribution in [2.24, 2.45) is 0 Å². The lowest BCUT2D eigenvalue weighted by molar-refractivity contribution is 1.23. The Morgan fingerprint density at radius 1 is 1.50 bits per heavy atom. The summed E-state index contributed by atoms with van der Waals surface area (Å²) in [6.07, 6.45) is 5.85. The fourth-order valence-electron chi connectivity index (χ4n) is 0.859. The van der Waals surface area contributed by atoms with Crippen LogP contribution in [0.25, 0.3) is 12.7 Å². The van der Waals surface area contributed by atoms with Crippen molar-refractivity contribution in [1.82, 2.24) is 4.98 Å². The number of hydrogen-bond acceptors (Lipinski definition) is 1. The molecule has 0 N–H and O–H groups in total. The van der Waals surface area contributed by atoms with Gasteiger partial charge in [0.2, 0.25) is 0 Å². The molecule has 0 fully saturated rings. The van der Waals surface area contributed by atoms with E-state index in [9.17, 15) is 0 Å². The van der Waals surface area contributed by atoms with E-state index in [-0.39, 0.29) is 0 Å². The molecule has 1 heterocycles. The summed E-state index contributed by atoms with van der Waals surface area (Å²) in [5.74, 6) is 0. The standard InChI is InChI=1S/C11H13N/c1-9(2)6-7-11-5-4-8-12-10(11)3/h4-8H,3H2,1-2H3. The Bertz CT molecular complexity index is 384. The molecule has 0 aliphatic rings. The van der Waals surface area contributed by atoms with E-state index in [0.29, 0.717) is 0 Å². The van der Waals surface area contributed by atoms with Crippen molar-refractivity contribution in [1.29, 1.82) is 0 Å². The highest BCUT2D eigenvalue weighted by atomic mass is 14.6. The van der Waals surface area contributed by atoms with Gasteiger partial charge in [-0.2, -0.15) is 0 Å². The highest BCUT2D eigenvalue weighted by molar-refractivity contribution is 5.38. The van der Waals surface area contributed by atoms with Crippen LogP contribution in [-0.2, 0) is 0 Å². The summed E-state index contributed by atoms with van der Waals surface area (Å²) >= 11 is 0. The number of allylic oxidation sites excluding steroid dienone is 2. The molecule has 1 aromatic rings. The first-order valence-corrected chi connectivity index (χ1v) is 3.95. The maximum absolute atomic E-state index is 4.09. The van der Waals surface area contributed by atoms with Crippen LogP contribution < -0.4 is 10.6 Å². The van der Waals surface area contributed by atoms with Crippen molar-refractivity contribution in [3.05, 3.63) is 40.5 Å². The van der Waals surface area contributed by atoms with E-state index >= 15 is 0 Å². The molecule has 1 rings (SSSR count). The fourth-order valence-corrected chi connectivity index (χ4v) is 0.859. The maximum atomic E-state index is 4.09. The van der Waals surface area contributed by atoms with Gasteiger partial charge in [0.15, 0.2) is 0 Å². The normalized spacial score (nSPS) is 11.3. The maximum Gasteiger partial charge on any atom is 0.0630 e. The topological polar surface area (TPSA) is 12.9 Å². The van der Waals surface area contributed by atoms with Crippen molar-refractivity contribution >= 4 is 12.7 Å². The highest BCUT2D eigenvalue weighted by Crippen LogP contribution is 1.86. The van der Waals surface area contributed by atoms with E-state index in [1.807, 2.05) is 18.2 Å².